The second kappa shape index (κ2) is 8.96. The number of carboxylic acid groups (broad SMARTS) is 1. The average molecular weight is 457 g/mol. The molecule has 1 amide bonds. The molecule has 0 fully saturated rings. The van der Waals surface area contributed by atoms with Gasteiger partial charge in [-0.25, -0.2) is 4.79 Å². The Morgan fingerprint density at radius 3 is 2.75 bits per heavy atom. The van der Waals surface area contributed by atoms with Crippen LogP contribution < -0.4 is 14.4 Å². The van der Waals surface area contributed by atoms with E-state index >= 15 is 0 Å². The summed E-state index contributed by atoms with van der Waals surface area (Å²) in [5, 5.41) is 9.66. The number of carbonyl (C=O) groups is 1. The highest BCUT2D eigenvalue weighted by atomic mass is 32.2. The minimum atomic E-state index is -1.24. The van der Waals surface area contributed by atoms with Crippen molar-refractivity contribution in [2.45, 2.75) is 57.2 Å². The number of nitrogens with one attached hydrogen (secondary N) is 1. The van der Waals surface area contributed by atoms with Crippen LogP contribution in [0.1, 0.15) is 55.5 Å². The van der Waals surface area contributed by atoms with Crippen LogP contribution in [-0.2, 0) is 30.6 Å². The van der Waals surface area contributed by atoms with Gasteiger partial charge in [0.1, 0.15) is 10.5 Å². The van der Waals surface area contributed by atoms with E-state index in [0.717, 1.165) is 30.6 Å². The van der Waals surface area contributed by atoms with Gasteiger partial charge in [-0.2, -0.15) is 0 Å². The van der Waals surface area contributed by atoms with Crippen molar-refractivity contribution in [3.63, 3.8) is 0 Å². The molecule has 1 aliphatic heterocycles. The van der Waals surface area contributed by atoms with Gasteiger partial charge in [-0.15, -0.1) is 4.72 Å². The number of hydrogen-bond acceptors (Lipinski definition) is 4. The second-order valence-electron chi connectivity index (χ2n) is 9.74. The smallest absolute Gasteiger partial charge is 0.411 e. The van der Waals surface area contributed by atoms with Gasteiger partial charge in [-0.05, 0) is 86.8 Å². The molecule has 0 bridgehead atoms. The number of amides is 1. The summed E-state index contributed by atoms with van der Waals surface area (Å²) in [6.45, 7) is 6.20. The van der Waals surface area contributed by atoms with E-state index in [1.807, 2.05) is 45.0 Å². The number of methoxy groups -OCH3 is 1. The molecule has 3 atom stereocenters. The lowest BCUT2D eigenvalue weighted by molar-refractivity contribution is 0.201. The minimum Gasteiger partial charge on any atom is -0.598 e. The van der Waals surface area contributed by atoms with Crippen molar-refractivity contribution in [1.82, 2.24) is 4.72 Å². The fourth-order valence-corrected chi connectivity index (χ4v) is 5.65. The van der Waals surface area contributed by atoms with E-state index in [2.05, 4.69) is 16.9 Å². The Kier molecular flexibility index (Phi) is 6.43. The first-order chi connectivity index (χ1) is 15.2. The number of benzene rings is 2. The predicted molar refractivity (Wildman–Crippen MR) is 128 cm³/mol. The molecule has 2 aromatic carbocycles. The van der Waals surface area contributed by atoms with Gasteiger partial charge < -0.3 is 14.4 Å². The molecular weight excluding hydrogens is 424 g/mol. The Labute approximate surface area is 193 Å². The molecule has 0 aromatic heterocycles. The molecule has 7 heteroatoms. The Morgan fingerprint density at radius 1 is 1.28 bits per heavy atom. The number of fused-ring (bicyclic) bond motifs is 2. The summed E-state index contributed by atoms with van der Waals surface area (Å²) in [6.07, 6.45) is 2.55. The summed E-state index contributed by atoms with van der Waals surface area (Å²) < 4.78 is 21.2. The molecule has 0 saturated carbocycles. The van der Waals surface area contributed by atoms with E-state index in [9.17, 15) is 14.5 Å². The summed E-state index contributed by atoms with van der Waals surface area (Å²) in [6, 6.07) is 12.2. The maximum absolute atomic E-state index is 12.8. The first-order valence-corrected chi connectivity index (χ1v) is 12.3. The molecule has 32 heavy (non-hydrogen) atoms. The largest absolute Gasteiger partial charge is 0.598 e. The number of hydrogen-bond donors (Lipinski definition) is 2. The number of rotatable bonds is 5. The SMILES string of the molecule is COc1cccc2c1C[C@H](Cc1ccc3c(c1)[C@H](N[S@+]([O-])C(C)(C)C)CCN3C(=O)O)C2. The van der Waals surface area contributed by atoms with Gasteiger partial charge in [0.05, 0.1) is 18.8 Å². The van der Waals surface area contributed by atoms with Crippen molar-refractivity contribution in [3.05, 3.63) is 58.7 Å². The maximum Gasteiger partial charge on any atom is 0.411 e. The third-order valence-electron chi connectivity index (χ3n) is 6.41. The minimum absolute atomic E-state index is 0.138. The van der Waals surface area contributed by atoms with E-state index in [0.29, 0.717) is 24.6 Å². The van der Waals surface area contributed by atoms with Gasteiger partial charge in [0.15, 0.2) is 0 Å². The highest BCUT2D eigenvalue weighted by Gasteiger charge is 2.35. The number of ether oxygens (including phenoxy) is 1. The molecule has 0 saturated heterocycles. The van der Waals surface area contributed by atoms with Crippen LogP contribution in [0.5, 0.6) is 5.75 Å². The molecule has 6 nitrogen and oxygen atoms in total. The highest BCUT2D eigenvalue weighted by Crippen LogP contribution is 2.38. The lowest BCUT2D eigenvalue weighted by atomic mass is 9.91. The van der Waals surface area contributed by atoms with Crippen LogP contribution in [0, 0.1) is 5.92 Å². The molecule has 2 aliphatic rings. The van der Waals surface area contributed by atoms with E-state index in [-0.39, 0.29) is 6.04 Å². The van der Waals surface area contributed by atoms with Crippen LogP contribution in [-0.4, -0.2) is 34.2 Å². The fourth-order valence-electron chi connectivity index (χ4n) is 4.79. The average Bonchev–Trinajstić information content (AvgIpc) is 3.15. The Morgan fingerprint density at radius 2 is 2.06 bits per heavy atom. The summed E-state index contributed by atoms with van der Waals surface area (Å²) >= 11 is -1.24. The molecule has 172 valence electrons. The van der Waals surface area contributed by atoms with E-state index in [1.165, 1.54) is 21.6 Å². The molecular formula is C25H32N2O4S. The Balaban J connectivity index is 1.58. The zero-order valence-electron chi connectivity index (χ0n) is 19.2. The van der Waals surface area contributed by atoms with E-state index < -0.39 is 22.2 Å². The molecule has 2 N–H and O–H groups in total. The van der Waals surface area contributed by atoms with Crippen molar-refractivity contribution in [2.75, 3.05) is 18.6 Å². The fraction of sp³-hybridized carbons (Fsp3) is 0.480. The quantitative estimate of drug-likeness (QED) is 0.641. The van der Waals surface area contributed by atoms with Crippen LogP contribution in [0.4, 0.5) is 10.5 Å². The summed E-state index contributed by atoms with van der Waals surface area (Å²) in [5.74, 6) is 1.44. The van der Waals surface area contributed by atoms with E-state index in [1.54, 1.807) is 7.11 Å². The monoisotopic (exact) mass is 456 g/mol. The molecule has 1 heterocycles. The van der Waals surface area contributed by atoms with Crippen molar-refractivity contribution in [2.24, 2.45) is 5.92 Å². The summed E-state index contributed by atoms with van der Waals surface area (Å²) in [5.41, 5.74) is 5.44. The van der Waals surface area contributed by atoms with Crippen molar-refractivity contribution in [3.8, 4) is 5.75 Å². The lowest BCUT2D eigenvalue weighted by Crippen LogP contribution is -2.45. The third kappa shape index (κ3) is 4.60. The Hall–Kier alpha value is -2.22. The molecule has 4 rings (SSSR count). The van der Waals surface area contributed by atoms with Gasteiger partial charge in [0.25, 0.3) is 0 Å². The van der Waals surface area contributed by atoms with Gasteiger partial charge >= 0.3 is 6.09 Å². The Bertz CT molecular complexity index is 1000. The highest BCUT2D eigenvalue weighted by molar-refractivity contribution is 7.90. The van der Waals surface area contributed by atoms with Gasteiger partial charge in [0, 0.05) is 17.9 Å². The van der Waals surface area contributed by atoms with Gasteiger partial charge in [-0.3, -0.25) is 4.90 Å². The first-order valence-electron chi connectivity index (χ1n) is 11.1. The number of nitrogens with zero attached hydrogens (tertiary/aromatic N) is 1. The third-order valence-corrected chi connectivity index (χ3v) is 8.02. The van der Waals surface area contributed by atoms with Gasteiger partial charge in [-0.1, -0.05) is 24.3 Å². The van der Waals surface area contributed by atoms with Gasteiger partial charge in [0.2, 0.25) is 0 Å². The zero-order valence-corrected chi connectivity index (χ0v) is 20.0. The van der Waals surface area contributed by atoms with Crippen LogP contribution in [0.15, 0.2) is 36.4 Å². The van der Waals surface area contributed by atoms with Crippen LogP contribution in [0.2, 0.25) is 0 Å². The van der Waals surface area contributed by atoms with Crippen LogP contribution in [0.3, 0.4) is 0 Å². The molecule has 1 aliphatic carbocycles. The number of anilines is 1. The zero-order chi connectivity index (χ0) is 23.0. The summed E-state index contributed by atoms with van der Waals surface area (Å²) in [7, 11) is 1.72. The van der Waals surface area contributed by atoms with Crippen molar-refractivity contribution in [1.29, 1.82) is 0 Å². The molecule has 0 unspecified atom stereocenters. The normalized spacial score (nSPS) is 21.1. The topological polar surface area (TPSA) is 84.9 Å². The predicted octanol–water partition coefficient (Wildman–Crippen LogP) is 4.63. The second-order valence-corrected chi connectivity index (χ2v) is 11.7. The van der Waals surface area contributed by atoms with Crippen molar-refractivity contribution < 1.29 is 19.2 Å². The molecule has 0 spiro atoms. The van der Waals surface area contributed by atoms with E-state index in [4.69, 9.17) is 4.74 Å². The first kappa shape index (κ1) is 23.0. The van der Waals surface area contributed by atoms with Crippen LogP contribution >= 0.6 is 0 Å². The summed E-state index contributed by atoms with van der Waals surface area (Å²) in [4.78, 5) is 13.2. The maximum atomic E-state index is 12.8. The van der Waals surface area contributed by atoms with Crippen molar-refractivity contribution >= 4 is 23.1 Å². The lowest BCUT2D eigenvalue weighted by Gasteiger charge is -2.35. The standard InChI is InChI=1S/C25H32N2O4S/c1-25(2,3)32(30)26-21-10-11-27(24(28)29)22-9-8-16(14-20(21)22)12-17-13-18-6-5-7-23(31-4)19(18)15-17/h5-9,14,17,21,26H,10-13,15H2,1-4H3,(H,28,29)/t17-,21-,32-/m1/s1. The molecule has 2 aromatic rings. The van der Waals surface area contributed by atoms with Crippen LogP contribution in [0.25, 0.3) is 0 Å². The molecule has 0 radical (unpaired) electrons.